The molecule has 0 saturated carbocycles. The van der Waals surface area contributed by atoms with Crippen LogP contribution in [0.1, 0.15) is 18.4 Å². The zero-order chi connectivity index (χ0) is 18.7. The van der Waals surface area contributed by atoms with Crippen molar-refractivity contribution < 1.29 is 0 Å². The van der Waals surface area contributed by atoms with Gasteiger partial charge in [-0.3, -0.25) is 4.90 Å². The number of hydrogen-bond acceptors (Lipinski definition) is 5. The highest BCUT2D eigenvalue weighted by Crippen LogP contribution is 2.25. The quantitative estimate of drug-likeness (QED) is 0.768. The molecule has 1 fully saturated rings. The Morgan fingerprint density at radius 1 is 1.19 bits per heavy atom. The summed E-state index contributed by atoms with van der Waals surface area (Å²) in [5.41, 5.74) is 1.12. The number of nitrogens with zero attached hydrogens (tertiary/aromatic N) is 5. The van der Waals surface area contributed by atoms with Crippen LogP contribution in [0.4, 0.5) is 11.8 Å². The van der Waals surface area contributed by atoms with Crippen LogP contribution in [-0.4, -0.2) is 55.1 Å². The SMILES string of the molecule is CN(C)c1ccnc(N(C)C2CCCN(Cc3ccc(Cl)cc3Cl)C2)n1. The van der Waals surface area contributed by atoms with Crippen molar-refractivity contribution in [1.82, 2.24) is 14.9 Å². The van der Waals surface area contributed by atoms with E-state index in [9.17, 15) is 0 Å². The second-order valence-corrected chi connectivity index (χ2v) is 7.83. The van der Waals surface area contributed by atoms with E-state index in [0.29, 0.717) is 11.1 Å². The normalized spacial score (nSPS) is 18.0. The first-order valence-corrected chi connectivity index (χ1v) is 9.59. The molecule has 7 heteroatoms. The molecule has 2 aromatic rings. The standard InChI is InChI=1S/C19H25Cl2N5/c1-24(2)18-8-9-22-19(23-18)25(3)16-5-4-10-26(13-16)12-14-6-7-15(20)11-17(14)21/h6-9,11,16H,4-5,10,12-13H2,1-3H3. The van der Waals surface area contributed by atoms with Gasteiger partial charge >= 0.3 is 0 Å². The van der Waals surface area contributed by atoms with E-state index in [0.717, 1.165) is 54.8 Å². The van der Waals surface area contributed by atoms with E-state index in [1.54, 1.807) is 0 Å². The van der Waals surface area contributed by atoms with Crippen LogP contribution in [0.15, 0.2) is 30.5 Å². The fourth-order valence-electron chi connectivity index (χ4n) is 3.30. The van der Waals surface area contributed by atoms with Crippen LogP contribution in [0, 0.1) is 0 Å². The van der Waals surface area contributed by atoms with Crippen molar-refractivity contribution in [2.45, 2.75) is 25.4 Å². The Balaban J connectivity index is 1.68. The Hall–Kier alpha value is -1.56. The minimum Gasteiger partial charge on any atom is -0.363 e. The van der Waals surface area contributed by atoms with Gasteiger partial charge < -0.3 is 9.80 Å². The van der Waals surface area contributed by atoms with E-state index in [1.165, 1.54) is 0 Å². The zero-order valence-electron chi connectivity index (χ0n) is 15.5. The maximum Gasteiger partial charge on any atom is 0.227 e. The van der Waals surface area contributed by atoms with E-state index < -0.39 is 0 Å². The van der Waals surface area contributed by atoms with Gasteiger partial charge in [-0.15, -0.1) is 0 Å². The highest BCUT2D eigenvalue weighted by atomic mass is 35.5. The van der Waals surface area contributed by atoms with Crippen molar-refractivity contribution in [3.05, 3.63) is 46.1 Å². The number of likely N-dealkylation sites (tertiary alicyclic amines) is 1. The summed E-state index contributed by atoms with van der Waals surface area (Å²) in [6, 6.07) is 8.03. The van der Waals surface area contributed by atoms with E-state index in [1.807, 2.05) is 49.5 Å². The molecular formula is C19H25Cl2N5. The number of hydrogen-bond donors (Lipinski definition) is 0. The molecule has 1 aliphatic rings. The van der Waals surface area contributed by atoms with Crippen molar-refractivity contribution in [2.75, 3.05) is 44.0 Å². The Labute approximate surface area is 165 Å². The van der Waals surface area contributed by atoms with Gasteiger partial charge in [0.15, 0.2) is 0 Å². The number of anilines is 2. The van der Waals surface area contributed by atoms with Crippen LogP contribution in [0.3, 0.4) is 0 Å². The molecule has 3 rings (SSSR count). The van der Waals surface area contributed by atoms with E-state index in [-0.39, 0.29) is 0 Å². The first-order valence-electron chi connectivity index (χ1n) is 8.83. The molecule has 0 aliphatic carbocycles. The Morgan fingerprint density at radius 3 is 2.73 bits per heavy atom. The molecule has 1 atom stereocenters. The molecule has 5 nitrogen and oxygen atoms in total. The molecule has 140 valence electrons. The predicted molar refractivity (Wildman–Crippen MR) is 110 cm³/mol. The maximum atomic E-state index is 6.34. The van der Waals surface area contributed by atoms with Crippen LogP contribution in [0.5, 0.6) is 0 Å². The summed E-state index contributed by atoms with van der Waals surface area (Å²) < 4.78 is 0. The second kappa shape index (κ2) is 8.42. The Kier molecular flexibility index (Phi) is 6.22. The molecule has 1 aliphatic heterocycles. The molecule has 0 amide bonds. The van der Waals surface area contributed by atoms with Crippen molar-refractivity contribution in [3.63, 3.8) is 0 Å². The lowest BCUT2D eigenvalue weighted by Crippen LogP contribution is -2.46. The van der Waals surface area contributed by atoms with Gasteiger partial charge in [-0.05, 0) is 43.1 Å². The number of likely N-dealkylation sites (N-methyl/N-ethyl adjacent to an activating group) is 1. The summed E-state index contributed by atoms with van der Waals surface area (Å²) >= 11 is 12.3. The topological polar surface area (TPSA) is 35.5 Å². The molecule has 1 aromatic carbocycles. The average Bonchev–Trinajstić information content (AvgIpc) is 2.64. The van der Waals surface area contributed by atoms with Gasteiger partial charge in [-0.2, -0.15) is 4.98 Å². The highest BCUT2D eigenvalue weighted by molar-refractivity contribution is 6.35. The van der Waals surface area contributed by atoms with Gasteiger partial charge in [0.25, 0.3) is 0 Å². The minimum atomic E-state index is 0.382. The molecule has 2 heterocycles. The minimum absolute atomic E-state index is 0.382. The molecule has 0 radical (unpaired) electrons. The number of rotatable bonds is 5. The zero-order valence-corrected chi connectivity index (χ0v) is 17.0. The third-order valence-electron chi connectivity index (χ3n) is 4.84. The lowest BCUT2D eigenvalue weighted by Gasteiger charge is -2.38. The molecule has 0 spiro atoms. The van der Waals surface area contributed by atoms with Crippen LogP contribution >= 0.6 is 23.2 Å². The van der Waals surface area contributed by atoms with Crippen molar-refractivity contribution >= 4 is 35.0 Å². The third kappa shape index (κ3) is 4.58. The number of halogens is 2. The first kappa shape index (κ1) is 19.2. The van der Waals surface area contributed by atoms with Gasteiger partial charge in [-0.25, -0.2) is 4.98 Å². The number of piperidine rings is 1. The van der Waals surface area contributed by atoms with Crippen molar-refractivity contribution in [3.8, 4) is 0 Å². The molecule has 26 heavy (non-hydrogen) atoms. The van der Waals surface area contributed by atoms with Gasteiger partial charge in [0.05, 0.1) is 0 Å². The van der Waals surface area contributed by atoms with E-state index in [2.05, 4.69) is 26.8 Å². The Bertz CT molecular complexity index is 752. The Morgan fingerprint density at radius 2 is 2.00 bits per heavy atom. The van der Waals surface area contributed by atoms with Gasteiger partial charge in [0.2, 0.25) is 5.95 Å². The van der Waals surface area contributed by atoms with Crippen LogP contribution in [0.2, 0.25) is 10.0 Å². The predicted octanol–water partition coefficient (Wildman–Crippen LogP) is 3.95. The summed E-state index contributed by atoms with van der Waals surface area (Å²) in [6.07, 6.45) is 4.10. The van der Waals surface area contributed by atoms with Gasteiger partial charge in [-0.1, -0.05) is 29.3 Å². The van der Waals surface area contributed by atoms with Gasteiger partial charge in [0, 0.05) is 56.5 Å². The van der Waals surface area contributed by atoms with E-state index >= 15 is 0 Å². The summed E-state index contributed by atoms with van der Waals surface area (Å²) in [7, 11) is 6.06. The monoisotopic (exact) mass is 393 g/mol. The molecule has 1 aromatic heterocycles. The third-order valence-corrected chi connectivity index (χ3v) is 5.43. The van der Waals surface area contributed by atoms with Crippen LogP contribution in [0.25, 0.3) is 0 Å². The average molecular weight is 394 g/mol. The van der Waals surface area contributed by atoms with Crippen molar-refractivity contribution in [2.24, 2.45) is 0 Å². The maximum absolute atomic E-state index is 6.34. The molecular weight excluding hydrogens is 369 g/mol. The number of benzene rings is 1. The molecule has 0 N–H and O–H groups in total. The summed E-state index contributed by atoms with van der Waals surface area (Å²) in [5, 5.41) is 1.41. The largest absolute Gasteiger partial charge is 0.363 e. The van der Waals surface area contributed by atoms with Crippen molar-refractivity contribution in [1.29, 1.82) is 0 Å². The van der Waals surface area contributed by atoms with Crippen LogP contribution in [-0.2, 0) is 6.54 Å². The molecule has 0 bridgehead atoms. The smallest absolute Gasteiger partial charge is 0.227 e. The second-order valence-electron chi connectivity index (χ2n) is 6.99. The summed E-state index contributed by atoms with van der Waals surface area (Å²) in [5.74, 6) is 1.69. The summed E-state index contributed by atoms with van der Waals surface area (Å²) in [4.78, 5) is 15.8. The lowest BCUT2D eigenvalue weighted by molar-refractivity contribution is 0.198. The lowest BCUT2D eigenvalue weighted by atomic mass is 10.0. The summed E-state index contributed by atoms with van der Waals surface area (Å²) in [6.45, 7) is 2.87. The molecule has 1 saturated heterocycles. The number of aromatic nitrogens is 2. The fourth-order valence-corrected chi connectivity index (χ4v) is 3.77. The first-order chi connectivity index (χ1) is 12.4. The highest BCUT2D eigenvalue weighted by Gasteiger charge is 2.25. The van der Waals surface area contributed by atoms with Gasteiger partial charge in [0.1, 0.15) is 5.82 Å². The molecule has 1 unspecified atom stereocenters. The van der Waals surface area contributed by atoms with E-state index in [4.69, 9.17) is 23.2 Å². The van der Waals surface area contributed by atoms with Crippen LogP contribution < -0.4 is 9.80 Å². The fraction of sp³-hybridized carbons (Fsp3) is 0.474.